The average Bonchev–Trinajstić information content (AvgIpc) is 3.44. The van der Waals surface area contributed by atoms with Crippen molar-refractivity contribution in [3.8, 4) is 5.75 Å². The van der Waals surface area contributed by atoms with Gasteiger partial charge in [0.1, 0.15) is 11.9 Å². The van der Waals surface area contributed by atoms with E-state index in [4.69, 9.17) is 5.11 Å². The van der Waals surface area contributed by atoms with Crippen molar-refractivity contribution in [1.29, 1.82) is 0 Å². The Labute approximate surface area is 259 Å². The van der Waals surface area contributed by atoms with Gasteiger partial charge in [0.25, 0.3) is 11.5 Å². The molecule has 2 aromatic heterocycles. The molecule has 1 aliphatic carbocycles. The number of aromatic nitrogens is 4. The number of aryl methyl sites for hydroxylation is 1. The Morgan fingerprint density at radius 2 is 1.87 bits per heavy atom. The van der Waals surface area contributed by atoms with E-state index in [0.29, 0.717) is 24.1 Å². The summed E-state index contributed by atoms with van der Waals surface area (Å²) in [6.45, 7) is -0.312. The van der Waals surface area contributed by atoms with Crippen molar-refractivity contribution in [3.63, 3.8) is 0 Å². The van der Waals surface area contributed by atoms with Crippen LogP contribution in [0.5, 0.6) is 5.75 Å². The van der Waals surface area contributed by atoms with Crippen molar-refractivity contribution >= 4 is 23.6 Å². The lowest BCUT2D eigenvalue weighted by atomic mass is 9.84. The number of carboxylic acid groups (broad SMARTS) is 1. The van der Waals surface area contributed by atoms with E-state index in [1.807, 2.05) is 0 Å². The normalized spacial score (nSPS) is 17.1. The van der Waals surface area contributed by atoms with Gasteiger partial charge in [-0.2, -0.15) is 0 Å². The Kier molecular flexibility index (Phi) is 11.3. The molecule has 1 unspecified atom stereocenters. The van der Waals surface area contributed by atoms with E-state index in [1.54, 1.807) is 6.07 Å². The first-order valence-electron chi connectivity index (χ1n) is 14.5. The second-order valence-electron chi connectivity index (χ2n) is 11.0. The first-order valence-corrected chi connectivity index (χ1v) is 14.5. The fourth-order valence-electron chi connectivity index (χ4n) is 5.12. The van der Waals surface area contributed by atoms with Crippen LogP contribution in [0, 0.1) is 5.92 Å². The minimum atomic E-state index is -4.85. The Bertz CT molecular complexity index is 1570. The number of ether oxygens (including phenoxy) is 1. The van der Waals surface area contributed by atoms with E-state index in [2.05, 4.69) is 31.0 Å². The molecule has 0 saturated heterocycles. The molecule has 46 heavy (non-hydrogen) atoms. The molecule has 1 saturated carbocycles. The minimum Gasteiger partial charge on any atom is -0.465 e. The number of hydrogen-bond donors (Lipinski definition) is 4. The van der Waals surface area contributed by atoms with Crippen LogP contribution >= 0.6 is 0 Å². The number of pyridine rings is 1. The maximum absolute atomic E-state index is 14.7. The Morgan fingerprint density at radius 1 is 1.11 bits per heavy atom. The highest BCUT2D eigenvalue weighted by Crippen LogP contribution is 2.27. The second-order valence-corrected chi connectivity index (χ2v) is 11.0. The van der Waals surface area contributed by atoms with Crippen molar-refractivity contribution in [1.82, 2.24) is 30.2 Å². The number of hydrogen-bond acceptors (Lipinski definition) is 7. The molecule has 1 aromatic carbocycles. The van der Waals surface area contributed by atoms with Gasteiger partial charge in [0.2, 0.25) is 5.91 Å². The zero-order valence-corrected chi connectivity index (χ0v) is 24.5. The highest BCUT2D eigenvalue weighted by atomic mass is 19.4. The largest absolute Gasteiger partial charge is 0.573 e. The van der Waals surface area contributed by atoms with Crippen molar-refractivity contribution in [2.24, 2.45) is 5.92 Å². The third-order valence-corrected chi connectivity index (χ3v) is 7.35. The predicted octanol–water partition coefficient (Wildman–Crippen LogP) is 3.85. The molecule has 1 aliphatic rings. The zero-order chi connectivity index (χ0) is 33.3. The van der Waals surface area contributed by atoms with Gasteiger partial charge in [-0.1, -0.05) is 17.3 Å². The summed E-state index contributed by atoms with van der Waals surface area (Å²) < 4.78 is 58.3. The van der Waals surface area contributed by atoms with Gasteiger partial charge in [0.05, 0.1) is 12.7 Å². The molecular formula is C29H33F4N7O6. The number of carbonyl (C=O) groups excluding carboxylic acids is 2. The third-order valence-electron chi connectivity index (χ3n) is 7.35. The maximum Gasteiger partial charge on any atom is 0.573 e. The molecule has 3 aromatic rings. The summed E-state index contributed by atoms with van der Waals surface area (Å²) in [4.78, 5) is 48.2. The smallest absolute Gasteiger partial charge is 0.465 e. The van der Waals surface area contributed by atoms with Gasteiger partial charge in [-0.15, -0.1) is 18.3 Å². The van der Waals surface area contributed by atoms with Crippen LogP contribution in [0.25, 0.3) is 0 Å². The number of nitrogens with one attached hydrogen (secondary N) is 3. The fraction of sp³-hybridized carbons (Fsp3) is 0.448. The number of rotatable bonds is 13. The molecule has 17 heteroatoms. The van der Waals surface area contributed by atoms with Crippen LogP contribution in [-0.2, 0) is 24.4 Å². The molecule has 0 aliphatic heterocycles. The van der Waals surface area contributed by atoms with Crippen LogP contribution < -0.4 is 26.2 Å². The molecule has 0 radical (unpaired) electrons. The average molecular weight is 652 g/mol. The summed E-state index contributed by atoms with van der Waals surface area (Å²) in [5.41, 5.74) is 0.121. The van der Waals surface area contributed by atoms with Crippen molar-refractivity contribution in [2.45, 2.75) is 76.7 Å². The van der Waals surface area contributed by atoms with Crippen LogP contribution in [-0.4, -0.2) is 61.2 Å². The molecule has 1 atom stereocenters. The number of amides is 3. The van der Waals surface area contributed by atoms with Gasteiger partial charge in [-0.25, -0.2) is 13.9 Å². The molecular weight excluding hydrogens is 618 g/mol. The SMILES string of the molecule is O=C(C[C@H]1CC[C@H](NC(=O)O)CC1)Nc1ccn(CCC(F)Cn2cc(C(=O)NCc3cccc(OC(F)(F)F)c3)nn2)c(=O)c1. The van der Waals surface area contributed by atoms with Crippen molar-refractivity contribution in [2.75, 3.05) is 5.32 Å². The lowest BCUT2D eigenvalue weighted by Crippen LogP contribution is -2.37. The Balaban J connectivity index is 1.18. The summed E-state index contributed by atoms with van der Waals surface area (Å²) in [6.07, 6.45) is -1.70. The van der Waals surface area contributed by atoms with Crippen LogP contribution in [0.15, 0.2) is 53.6 Å². The molecule has 2 heterocycles. The summed E-state index contributed by atoms with van der Waals surface area (Å²) in [7, 11) is 0. The van der Waals surface area contributed by atoms with Crippen LogP contribution in [0.2, 0.25) is 0 Å². The lowest BCUT2D eigenvalue weighted by Gasteiger charge is -2.27. The van der Waals surface area contributed by atoms with Gasteiger partial charge in [0.15, 0.2) is 5.69 Å². The summed E-state index contributed by atoms with van der Waals surface area (Å²) in [5.74, 6) is -1.22. The van der Waals surface area contributed by atoms with Gasteiger partial charge in [0, 0.05) is 43.5 Å². The van der Waals surface area contributed by atoms with Gasteiger partial charge >= 0.3 is 12.5 Å². The topological polar surface area (TPSA) is 169 Å². The van der Waals surface area contributed by atoms with E-state index >= 15 is 0 Å². The van der Waals surface area contributed by atoms with Crippen molar-refractivity contribution < 1.29 is 41.8 Å². The van der Waals surface area contributed by atoms with E-state index in [-0.39, 0.29) is 56.0 Å². The first kappa shape index (κ1) is 33.9. The zero-order valence-electron chi connectivity index (χ0n) is 24.5. The van der Waals surface area contributed by atoms with Crippen LogP contribution in [0.3, 0.4) is 0 Å². The number of carbonyl (C=O) groups is 3. The molecule has 0 bridgehead atoms. The standard InChI is InChI=1S/C29H33F4N7O6/c30-20(16-40-17-24(37-38-40)27(43)34-15-19-2-1-3-23(12-19)46-29(31,32)33)8-10-39-11-9-22(14-26(39)42)35-25(41)13-18-4-6-21(7-5-18)36-28(44)45/h1-3,9,11-12,14,17-18,20-21,36H,4-8,10,13,15-16H2,(H,34,43)(H,35,41)(H,44,45)/t18-,20?,21-. The van der Waals surface area contributed by atoms with Gasteiger partial charge in [-0.3, -0.25) is 14.4 Å². The maximum atomic E-state index is 14.7. The quantitative estimate of drug-likeness (QED) is 0.202. The van der Waals surface area contributed by atoms with Gasteiger partial charge < -0.3 is 30.4 Å². The number of anilines is 1. The number of halogens is 4. The molecule has 13 nitrogen and oxygen atoms in total. The molecule has 0 spiro atoms. The number of alkyl halides is 4. The minimum absolute atomic E-state index is 0.0427. The van der Waals surface area contributed by atoms with E-state index < -0.39 is 35.8 Å². The molecule has 248 valence electrons. The highest BCUT2D eigenvalue weighted by Gasteiger charge is 2.31. The monoisotopic (exact) mass is 651 g/mol. The molecule has 4 N–H and O–H groups in total. The molecule has 4 rings (SSSR count). The Morgan fingerprint density at radius 3 is 2.57 bits per heavy atom. The summed E-state index contributed by atoms with van der Waals surface area (Å²) in [5, 5.41) is 23.9. The van der Waals surface area contributed by atoms with Crippen LogP contribution in [0.4, 0.5) is 28.0 Å². The highest BCUT2D eigenvalue weighted by molar-refractivity contribution is 5.92. The number of benzene rings is 1. The second kappa shape index (κ2) is 15.4. The first-order chi connectivity index (χ1) is 21.8. The van der Waals surface area contributed by atoms with Crippen LogP contribution in [0.1, 0.15) is 54.6 Å². The van der Waals surface area contributed by atoms with E-state index in [0.717, 1.165) is 29.7 Å². The van der Waals surface area contributed by atoms with E-state index in [9.17, 15) is 36.7 Å². The van der Waals surface area contributed by atoms with E-state index in [1.165, 1.54) is 35.2 Å². The summed E-state index contributed by atoms with van der Waals surface area (Å²) >= 11 is 0. The lowest BCUT2D eigenvalue weighted by molar-refractivity contribution is -0.274. The van der Waals surface area contributed by atoms with Crippen molar-refractivity contribution in [3.05, 3.63) is 70.4 Å². The number of nitrogens with zero attached hydrogens (tertiary/aromatic N) is 4. The molecule has 1 fully saturated rings. The fourth-order valence-corrected chi connectivity index (χ4v) is 5.12. The summed E-state index contributed by atoms with van der Waals surface area (Å²) in [6, 6.07) is 7.80. The predicted molar refractivity (Wildman–Crippen MR) is 155 cm³/mol. The third kappa shape index (κ3) is 10.9. The molecule has 3 amide bonds. The van der Waals surface area contributed by atoms with Gasteiger partial charge in [-0.05, 0) is 61.8 Å². The Hall–Kier alpha value is -4.96.